The zero-order valence-electron chi connectivity index (χ0n) is 12.2. The first-order valence-electron chi connectivity index (χ1n) is 7.19. The molecule has 0 nitrogen and oxygen atoms in total. The minimum atomic E-state index is -1.99. The molecule has 3 rings (SSSR count). The van der Waals surface area contributed by atoms with Crippen LogP contribution in [0.15, 0.2) is 91.0 Å². The highest BCUT2D eigenvalue weighted by atomic mass is 80.0. The van der Waals surface area contributed by atoms with Crippen LogP contribution < -0.4 is 15.9 Å². The Hall–Kier alpha value is -0.470. The quantitative estimate of drug-likeness (QED) is 0.308. The molecule has 0 bridgehead atoms. The Morgan fingerprint density at radius 1 is 0.478 bits per heavy atom. The first kappa shape index (κ1) is 17.4. The molecule has 3 aromatic rings. The molecule has 4 heteroatoms. The Morgan fingerprint density at radius 2 is 0.739 bits per heavy atom. The number of rotatable bonds is 3. The lowest BCUT2D eigenvalue weighted by atomic mass is 10.4. The van der Waals surface area contributed by atoms with Crippen LogP contribution in [0.25, 0.3) is 0 Å². The molecule has 0 heterocycles. The van der Waals surface area contributed by atoms with Crippen molar-refractivity contribution in [2.24, 2.45) is 0 Å². The lowest BCUT2D eigenvalue weighted by Gasteiger charge is -2.33. The van der Waals surface area contributed by atoms with Crippen LogP contribution in [0, 0.1) is 0 Å². The summed E-state index contributed by atoms with van der Waals surface area (Å²) in [5.74, 6) is 0. The van der Waals surface area contributed by atoms with Gasteiger partial charge in [-0.2, -0.15) is 0 Å². The zero-order valence-corrected chi connectivity index (χ0v) is 17.9. The van der Waals surface area contributed by atoms with Gasteiger partial charge in [-0.05, 0) is 84.2 Å². The van der Waals surface area contributed by atoms with Crippen LogP contribution in [-0.2, 0) is 0 Å². The van der Waals surface area contributed by atoms with Crippen LogP contribution in [0.1, 0.15) is 0 Å². The second-order valence-corrected chi connectivity index (χ2v) is 17.3. The summed E-state index contributed by atoms with van der Waals surface area (Å²) < 4.78 is -0.427. The van der Waals surface area contributed by atoms with E-state index >= 15 is 0 Å². The van der Waals surface area contributed by atoms with Gasteiger partial charge in [-0.25, -0.2) is 0 Å². The van der Waals surface area contributed by atoms with E-state index in [-0.39, 0.29) is 0 Å². The highest BCUT2D eigenvalue weighted by Gasteiger charge is 2.59. The molecule has 0 aliphatic rings. The Bertz CT molecular complexity index is 656. The van der Waals surface area contributed by atoms with E-state index in [2.05, 4.69) is 139 Å². The molecule has 0 aromatic heterocycles. The van der Waals surface area contributed by atoms with Crippen LogP contribution >= 0.6 is 55.1 Å². The fourth-order valence-electron chi connectivity index (χ4n) is 2.84. The zero-order chi connectivity index (χ0) is 16.3. The standard InChI is InChI=1S/C19H15Br3P/c20-19(21,22)23(16-10-4-1-5-11-16,17-12-6-2-7-13-17)18-14-8-3-9-15-18/h1-15H/q+1. The summed E-state index contributed by atoms with van der Waals surface area (Å²) in [5.41, 5.74) is 0. The maximum absolute atomic E-state index is 3.90. The minimum absolute atomic E-state index is 0.427. The molecule has 0 unspecified atom stereocenters. The van der Waals surface area contributed by atoms with Crippen molar-refractivity contribution < 1.29 is 0 Å². The summed E-state index contributed by atoms with van der Waals surface area (Å²) >= 11 is 11.7. The van der Waals surface area contributed by atoms with E-state index in [0.29, 0.717) is 0 Å². The predicted molar refractivity (Wildman–Crippen MR) is 115 cm³/mol. The van der Waals surface area contributed by atoms with E-state index in [0.717, 1.165) is 0 Å². The third-order valence-corrected chi connectivity index (χ3v) is 12.6. The molecule has 3 aromatic carbocycles. The maximum atomic E-state index is 3.90. The molecule has 0 spiro atoms. The van der Waals surface area contributed by atoms with E-state index in [4.69, 9.17) is 0 Å². The van der Waals surface area contributed by atoms with Crippen molar-refractivity contribution in [2.45, 2.75) is 1.88 Å². The van der Waals surface area contributed by atoms with Crippen molar-refractivity contribution in [2.75, 3.05) is 0 Å². The van der Waals surface area contributed by atoms with Gasteiger partial charge in [-0.3, -0.25) is 0 Å². The summed E-state index contributed by atoms with van der Waals surface area (Å²) in [5, 5.41) is 3.93. The molecule has 0 atom stereocenters. The largest absolute Gasteiger partial charge is 0.252 e. The monoisotopic (exact) mass is 511 g/mol. The van der Waals surface area contributed by atoms with Crippen molar-refractivity contribution in [1.82, 2.24) is 0 Å². The summed E-state index contributed by atoms with van der Waals surface area (Å²) in [6, 6.07) is 32.1. The minimum Gasteiger partial charge on any atom is -0.0620 e. The van der Waals surface area contributed by atoms with Crippen LogP contribution in [0.3, 0.4) is 0 Å². The number of hydrogen-bond acceptors (Lipinski definition) is 0. The van der Waals surface area contributed by atoms with E-state index in [1.807, 2.05) is 0 Å². The van der Waals surface area contributed by atoms with E-state index < -0.39 is 9.15 Å². The fourth-order valence-corrected chi connectivity index (χ4v) is 12.0. The summed E-state index contributed by atoms with van der Waals surface area (Å²) in [7, 11) is -1.99. The van der Waals surface area contributed by atoms with E-state index in [1.54, 1.807) is 0 Å². The van der Waals surface area contributed by atoms with Crippen LogP contribution in [-0.4, -0.2) is 1.88 Å². The number of hydrogen-bond donors (Lipinski definition) is 0. The molecule has 0 radical (unpaired) electrons. The fraction of sp³-hybridized carbons (Fsp3) is 0.0526. The average Bonchev–Trinajstić information content (AvgIpc) is 2.57. The van der Waals surface area contributed by atoms with E-state index in [1.165, 1.54) is 15.9 Å². The highest BCUT2D eigenvalue weighted by Crippen LogP contribution is 2.74. The first-order chi connectivity index (χ1) is 11.1. The Kier molecular flexibility index (Phi) is 5.42. The normalized spacial score (nSPS) is 12.1. The van der Waals surface area contributed by atoms with Gasteiger partial charge in [-0.1, -0.05) is 54.6 Å². The lowest BCUT2D eigenvalue weighted by Crippen LogP contribution is -2.38. The molecule has 0 saturated carbocycles. The number of benzene rings is 3. The molecular weight excluding hydrogens is 499 g/mol. The lowest BCUT2D eigenvalue weighted by molar-refractivity contribution is 1.69. The molecule has 116 valence electrons. The average molecular weight is 514 g/mol. The topological polar surface area (TPSA) is 0 Å². The maximum Gasteiger partial charge on any atom is 0.252 e. The Balaban J connectivity index is 2.41. The summed E-state index contributed by atoms with van der Waals surface area (Å²) in [4.78, 5) is 0. The van der Waals surface area contributed by atoms with E-state index in [9.17, 15) is 0 Å². The molecular formula is C19H15Br3P+. The first-order valence-corrected chi connectivity index (χ1v) is 11.4. The molecule has 0 saturated heterocycles. The SMILES string of the molecule is BrC(Br)(Br)[P+](c1ccccc1)(c1ccccc1)c1ccccc1. The summed E-state index contributed by atoms with van der Waals surface area (Å²) in [6.45, 7) is 0. The molecule has 23 heavy (non-hydrogen) atoms. The highest BCUT2D eigenvalue weighted by molar-refractivity contribution is 9.42. The smallest absolute Gasteiger partial charge is 0.0620 e. The third kappa shape index (κ3) is 3.22. The third-order valence-electron chi connectivity index (χ3n) is 3.81. The molecule has 0 fully saturated rings. The number of alkyl halides is 3. The van der Waals surface area contributed by atoms with Crippen LogP contribution in [0.4, 0.5) is 0 Å². The van der Waals surface area contributed by atoms with Gasteiger partial charge in [0.05, 0.1) is 0 Å². The van der Waals surface area contributed by atoms with Crippen LogP contribution in [0.2, 0.25) is 0 Å². The van der Waals surface area contributed by atoms with Gasteiger partial charge in [0, 0.05) is 0 Å². The van der Waals surface area contributed by atoms with Crippen molar-refractivity contribution in [3.63, 3.8) is 0 Å². The Labute approximate surface area is 163 Å². The van der Waals surface area contributed by atoms with Crippen molar-refractivity contribution >= 4 is 71.0 Å². The molecule has 0 N–H and O–H groups in total. The van der Waals surface area contributed by atoms with Gasteiger partial charge in [0.2, 0.25) is 0 Å². The van der Waals surface area contributed by atoms with Gasteiger partial charge < -0.3 is 0 Å². The van der Waals surface area contributed by atoms with Crippen molar-refractivity contribution in [3.05, 3.63) is 91.0 Å². The second-order valence-electron chi connectivity index (χ2n) is 5.15. The predicted octanol–water partition coefficient (Wildman–Crippen LogP) is 5.78. The van der Waals surface area contributed by atoms with Gasteiger partial charge in [0.1, 0.15) is 15.9 Å². The number of halogens is 3. The van der Waals surface area contributed by atoms with Gasteiger partial charge >= 0.3 is 0 Å². The molecule has 0 aliphatic heterocycles. The van der Waals surface area contributed by atoms with Crippen molar-refractivity contribution in [1.29, 1.82) is 0 Å². The Morgan fingerprint density at radius 3 is 0.957 bits per heavy atom. The van der Waals surface area contributed by atoms with Crippen molar-refractivity contribution in [3.8, 4) is 0 Å². The van der Waals surface area contributed by atoms with Gasteiger partial charge in [0.15, 0.2) is 7.26 Å². The second kappa shape index (κ2) is 7.19. The van der Waals surface area contributed by atoms with Crippen LogP contribution in [0.5, 0.6) is 0 Å². The summed E-state index contributed by atoms with van der Waals surface area (Å²) in [6.07, 6.45) is 0. The van der Waals surface area contributed by atoms with Gasteiger partial charge in [0.25, 0.3) is 1.88 Å². The molecule has 0 aliphatic carbocycles. The van der Waals surface area contributed by atoms with Gasteiger partial charge in [-0.15, -0.1) is 0 Å². The molecule has 0 amide bonds.